The Morgan fingerprint density at radius 2 is 2.06 bits per heavy atom. The summed E-state index contributed by atoms with van der Waals surface area (Å²) in [5.74, 6) is 1.11. The molecule has 0 fully saturated rings. The molecule has 0 atom stereocenters. The van der Waals surface area contributed by atoms with E-state index in [0.29, 0.717) is 11.5 Å². The maximum Gasteiger partial charge on any atom is 0.146 e. The van der Waals surface area contributed by atoms with Gasteiger partial charge in [-0.2, -0.15) is 0 Å². The highest BCUT2D eigenvalue weighted by Crippen LogP contribution is 2.23. The van der Waals surface area contributed by atoms with Crippen LogP contribution in [0.25, 0.3) is 0 Å². The monoisotopic (exact) mass is 256 g/mol. The van der Waals surface area contributed by atoms with Gasteiger partial charge in [-0.05, 0) is 31.0 Å². The predicted molar refractivity (Wildman–Crippen MR) is 71.3 cm³/mol. The molecule has 0 N–H and O–H groups in total. The average Bonchev–Trinajstić information content (AvgIpc) is 2.28. The Kier molecular flexibility index (Phi) is 5.93. The summed E-state index contributed by atoms with van der Waals surface area (Å²) in [6.45, 7) is 4.13. The molecular weight excluding hydrogens is 240 g/mol. The van der Waals surface area contributed by atoms with Crippen LogP contribution >= 0.6 is 23.4 Å². The summed E-state index contributed by atoms with van der Waals surface area (Å²) in [7, 11) is 0. The van der Waals surface area contributed by atoms with E-state index in [-0.39, 0.29) is 5.92 Å². The molecule has 1 aromatic carbocycles. The molecule has 88 valence electrons. The number of carbonyl (C=O) groups excluding carboxylic acids is 1. The zero-order valence-corrected chi connectivity index (χ0v) is 11.3. The molecule has 0 radical (unpaired) electrons. The van der Waals surface area contributed by atoms with Crippen LogP contribution < -0.4 is 0 Å². The molecule has 0 spiro atoms. The highest BCUT2D eigenvalue weighted by molar-refractivity contribution is 8.00. The standard InChI is InChI=1S/C13H17ClOS/c1-3-10(4-2)13(15)9-16-12-7-5-6-11(14)8-12/h5-8,10H,3-4,9H2,1-2H3. The van der Waals surface area contributed by atoms with Crippen LogP contribution in [0.4, 0.5) is 0 Å². The van der Waals surface area contributed by atoms with Gasteiger partial charge in [-0.15, -0.1) is 11.8 Å². The zero-order valence-electron chi connectivity index (χ0n) is 9.70. The quantitative estimate of drug-likeness (QED) is 0.700. The van der Waals surface area contributed by atoms with Crippen LogP contribution in [0, 0.1) is 5.92 Å². The second kappa shape index (κ2) is 6.97. The molecule has 0 aliphatic carbocycles. The highest BCUT2D eigenvalue weighted by Gasteiger charge is 2.13. The summed E-state index contributed by atoms with van der Waals surface area (Å²) in [4.78, 5) is 12.9. The summed E-state index contributed by atoms with van der Waals surface area (Å²) < 4.78 is 0. The van der Waals surface area contributed by atoms with Crippen LogP contribution in [0.1, 0.15) is 26.7 Å². The van der Waals surface area contributed by atoms with Gasteiger partial charge < -0.3 is 0 Å². The summed E-state index contributed by atoms with van der Waals surface area (Å²) in [6.07, 6.45) is 1.87. The SMILES string of the molecule is CCC(CC)C(=O)CSc1cccc(Cl)c1. The largest absolute Gasteiger partial charge is 0.298 e. The number of hydrogen-bond donors (Lipinski definition) is 0. The first-order valence-corrected chi connectivity index (χ1v) is 6.94. The molecule has 1 aromatic rings. The summed E-state index contributed by atoms with van der Waals surface area (Å²) in [5.41, 5.74) is 0. The van der Waals surface area contributed by atoms with Gasteiger partial charge in [-0.1, -0.05) is 31.5 Å². The Balaban J connectivity index is 2.48. The maximum atomic E-state index is 11.8. The lowest BCUT2D eigenvalue weighted by Gasteiger charge is -2.10. The Labute approximate surface area is 107 Å². The number of Topliss-reactive ketones (excluding diaryl/α,β-unsaturated/α-hetero) is 1. The van der Waals surface area contributed by atoms with Gasteiger partial charge >= 0.3 is 0 Å². The van der Waals surface area contributed by atoms with E-state index in [0.717, 1.165) is 22.8 Å². The van der Waals surface area contributed by atoms with Crippen LogP contribution in [0.15, 0.2) is 29.2 Å². The van der Waals surface area contributed by atoms with Gasteiger partial charge in [0.05, 0.1) is 5.75 Å². The Morgan fingerprint density at radius 3 is 2.62 bits per heavy atom. The smallest absolute Gasteiger partial charge is 0.146 e. The van der Waals surface area contributed by atoms with E-state index in [9.17, 15) is 4.79 Å². The van der Waals surface area contributed by atoms with Gasteiger partial charge in [0.1, 0.15) is 5.78 Å². The number of hydrogen-bond acceptors (Lipinski definition) is 2. The molecule has 0 aliphatic heterocycles. The third-order valence-corrected chi connectivity index (χ3v) is 3.87. The highest BCUT2D eigenvalue weighted by atomic mass is 35.5. The summed E-state index contributed by atoms with van der Waals surface area (Å²) in [5, 5.41) is 0.722. The summed E-state index contributed by atoms with van der Waals surface area (Å²) in [6, 6.07) is 7.63. The van der Waals surface area contributed by atoms with Crippen molar-refractivity contribution < 1.29 is 4.79 Å². The third kappa shape index (κ3) is 4.18. The van der Waals surface area contributed by atoms with E-state index in [2.05, 4.69) is 13.8 Å². The number of ketones is 1. The lowest BCUT2D eigenvalue weighted by molar-refractivity contribution is -0.120. The van der Waals surface area contributed by atoms with Crippen molar-refractivity contribution in [3.8, 4) is 0 Å². The van der Waals surface area contributed by atoms with E-state index in [1.54, 1.807) is 11.8 Å². The third-order valence-electron chi connectivity index (χ3n) is 2.62. The fourth-order valence-corrected chi connectivity index (χ4v) is 2.76. The molecular formula is C13H17ClOS. The van der Waals surface area contributed by atoms with E-state index < -0.39 is 0 Å². The van der Waals surface area contributed by atoms with E-state index in [1.807, 2.05) is 24.3 Å². The average molecular weight is 257 g/mol. The van der Waals surface area contributed by atoms with Gasteiger partial charge in [-0.3, -0.25) is 4.79 Å². The Bertz CT molecular complexity index is 348. The first-order valence-electron chi connectivity index (χ1n) is 5.58. The van der Waals surface area contributed by atoms with E-state index in [4.69, 9.17) is 11.6 Å². The fourth-order valence-electron chi connectivity index (χ4n) is 1.57. The topological polar surface area (TPSA) is 17.1 Å². The van der Waals surface area contributed by atoms with Crippen molar-refractivity contribution in [2.24, 2.45) is 5.92 Å². The zero-order chi connectivity index (χ0) is 12.0. The van der Waals surface area contributed by atoms with Gasteiger partial charge in [-0.25, -0.2) is 0 Å². The van der Waals surface area contributed by atoms with Gasteiger partial charge in [0, 0.05) is 15.8 Å². The lowest BCUT2D eigenvalue weighted by atomic mass is 10.00. The minimum atomic E-state index is 0.215. The first kappa shape index (κ1) is 13.6. The molecule has 0 bridgehead atoms. The minimum Gasteiger partial charge on any atom is -0.298 e. The molecule has 0 heterocycles. The summed E-state index contributed by atoms with van der Waals surface area (Å²) >= 11 is 7.45. The molecule has 0 aromatic heterocycles. The Morgan fingerprint density at radius 1 is 1.38 bits per heavy atom. The van der Waals surface area contributed by atoms with Crippen molar-refractivity contribution in [3.63, 3.8) is 0 Å². The molecule has 0 saturated heterocycles. The van der Waals surface area contributed by atoms with Crippen molar-refractivity contribution >= 4 is 29.1 Å². The van der Waals surface area contributed by atoms with E-state index >= 15 is 0 Å². The minimum absolute atomic E-state index is 0.215. The molecule has 1 rings (SSSR count). The van der Waals surface area contributed by atoms with Gasteiger partial charge in [0.2, 0.25) is 0 Å². The van der Waals surface area contributed by atoms with Crippen LogP contribution in [0.3, 0.4) is 0 Å². The molecule has 16 heavy (non-hydrogen) atoms. The van der Waals surface area contributed by atoms with E-state index in [1.165, 1.54) is 0 Å². The number of carbonyl (C=O) groups is 1. The first-order chi connectivity index (χ1) is 7.67. The maximum absolute atomic E-state index is 11.8. The van der Waals surface area contributed by atoms with Crippen molar-refractivity contribution in [2.75, 3.05) is 5.75 Å². The molecule has 0 saturated carbocycles. The molecule has 0 aliphatic rings. The van der Waals surface area contributed by atoms with Crippen LogP contribution in [0.2, 0.25) is 5.02 Å². The molecule has 1 nitrogen and oxygen atoms in total. The van der Waals surface area contributed by atoms with Crippen molar-refractivity contribution in [1.82, 2.24) is 0 Å². The van der Waals surface area contributed by atoms with Crippen molar-refractivity contribution in [1.29, 1.82) is 0 Å². The second-order valence-corrected chi connectivity index (χ2v) is 5.21. The predicted octanol–water partition coefficient (Wildman–Crippen LogP) is 4.44. The van der Waals surface area contributed by atoms with Crippen molar-refractivity contribution in [3.05, 3.63) is 29.3 Å². The van der Waals surface area contributed by atoms with Crippen LogP contribution in [0.5, 0.6) is 0 Å². The van der Waals surface area contributed by atoms with Crippen LogP contribution in [-0.2, 0) is 4.79 Å². The lowest BCUT2D eigenvalue weighted by Crippen LogP contribution is -2.14. The Hall–Kier alpha value is -0.470. The number of halogens is 1. The van der Waals surface area contributed by atoms with Crippen molar-refractivity contribution in [2.45, 2.75) is 31.6 Å². The number of rotatable bonds is 6. The van der Waals surface area contributed by atoms with Crippen LogP contribution in [-0.4, -0.2) is 11.5 Å². The van der Waals surface area contributed by atoms with Gasteiger partial charge in [0.25, 0.3) is 0 Å². The fraction of sp³-hybridized carbons (Fsp3) is 0.462. The number of thioether (sulfide) groups is 1. The van der Waals surface area contributed by atoms with Gasteiger partial charge in [0.15, 0.2) is 0 Å². The molecule has 0 unspecified atom stereocenters. The second-order valence-electron chi connectivity index (χ2n) is 3.73. The number of benzene rings is 1. The molecule has 0 amide bonds. The normalized spacial score (nSPS) is 10.8. The molecule has 3 heteroatoms.